The molecular weight excluding hydrogens is 664 g/mol. The number of benzene rings is 5. The van der Waals surface area contributed by atoms with E-state index < -0.39 is 46.1 Å². The number of methoxy groups -OCH3 is 1. The van der Waals surface area contributed by atoms with E-state index in [0.29, 0.717) is 11.3 Å². The fourth-order valence-electron chi connectivity index (χ4n) is 5.16. The molecule has 0 saturated heterocycles. The number of para-hydroxylation sites is 1. The molecule has 0 aliphatic rings. The summed E-state index contributed by atoms with van der Waals surface area (Å²) in [4.78, 5) is 29.2. The third kappa shape index (κ3) is 9.66. The minimum atomic E-state index is -3.99. The minimum absolute atomic E-state index is 0.0196. The van der Waals surface area contributed by atoms with Crippen molar-refractivity contribution in [1.82, 2.24) is 10.2 Å². The van der Waals surface area contributed by atoms with Gasteiger partial charge in [-0.3, -0.25) is 14.3 Å². The Bertz CT molecular complexity index is 1990. The Balaban J connectivity index is 1.36. The average Bonchev–Trinajstić information content (AvgIpc) is 3.13. The summed E-state index contributed by atoms with van der Waals surface area (Å²) in [5.74, 6) is -1.08. The van der Waals surface area contributed by atoms with Crippen LogP contribution in [0.1, 0.15) is 16.7 Å². The number of halogens is 2. The van der Waals surface area contributed by atoms with E-state index in [4.69, 9.17) is 9.47 Å². The summed E-state index contributed by atoms with van der Waals surface area (Å²) in [6.45, 7) is -0.352. The molecule has 0 bridgehead atoms. The second-order valence-corrected chi connectivity index (χ2v) is 12.9. The van der Waals surface area contributed by atoms with E-state index >= 15 is 0 Å². The van der Waals surface area contributed by atoms with Crippen molar-refractivity contribution in [1.29, 1.82) is 0 Å². The van der Waals surface area contributed by atoms with Crippen LogP contribution in [0.15, 0.2) is 132 Å². The molecule has 0 unspecified atom stereocenters. The summed E-state index contributed by atoms with van der Waals surface area (Å²) < 4.78 is 66.3. The van der Waals surface area contributed by atoms with Crippen molar-refractivity contribution in [2.75, 3.05) is 18.4 Å². The maximum atomic E-state index is 13.9. The van der Waals surface area contributed by atoms with Crippen molar-refractivity contribution in [2.24, 2.45) is 0 Å². The first kappa shape index (κ1) is 35.6. The monoisotopic (exact) mass is 699 g/mol. The van der Waals surface area contributed by atoms with Gasteiger partial charge in [0.2, 0.25) is 5.91 Å². The maximum Gasteiger partial charge on any atom is 0.261 e. The number of ether oxygens (including phenoxy) is 2. The van der Waals surface area contributed by atoms with Gasteiger partial charge in [0.1, 0.15) is 29.2 Å². The predicted octanol–water partition coefficient (Wildman–Crippen LogP) is 6.11. The molecule has 5 rings (SSSR count). The Morgan fingerprint density at radius 3 is 2.04 bits per heavy atom. The number of amides is 2. The van der Waals surface area contributed by atoms with Gasteiger partial charge in [-0.2, -0.15) is 0 Å². The van der Waals surface area contributed by atoms with Crippen LogP contribution in [0.3, 0.4) is 0 Å². The quantitative estimate of drug-likeness (QED) is 0.136. The number of nitrogens with one attached hydrogen (secondary N) is 2. The van der Waals surface area contributed by atoms with Crippen LogP contribution in [0.5, 0.6) is 11.5 Å². The summed E-state index contributed by atoms with van der Waals surface area (Å²) >= 11 is 0. The number of carbonyl (C=O) groups excluding carboxylic acids is 2. The van der Waals surface area contributed by atoms with Gasteiger partial charge in [0.25, 0.3) is 15.9 Å². The molecule has 12 heteroatoms. The Morgan fingerprint density at radius 1 is 0.760 bits per heavy atom. The molecule has 1 atom stereocenters. The number of nitrogens with zero attached hydrogens (tertiary/aromatic N) is 1. The van der Waals surface area contributed by atoms with E-state index in [1.54, 1.807) is 25.3 Å². The van der Waals surface area contributed by atoms with Crippen LogP contribution in [-0.2, 0) is 39.1 Å². The zero-order chi connectivity index (χ0) is 35.5. The Morgan fingerprint density at radius 2 is 1.38 bits per heavy atom. The fourth-order valence-corrected chi connectivity index (χ4v) is 6.22. The van der Waals surface area contributed by atoms with E-state index in [1.807, 2.05) is 48.5 Å². The maximum absolute atomic E-state index is 13.9. The fraction of sp³-hybridized carbons (Fsp3) is 0.158. The molecule has 0 aliphatic carbocycles. The van der Waals surface area contributed by atoms with Crippen LogP contribution in [0.25, 0.3) is 0 Å². The van der Waals surface area contributed by atoms with E-state index in [-0.39, 0.29) is 35.8 Å². The number of rotatable bonds is 15. The highest BCUT2D eigenvalue weighted by molar-refractivity contribution is 7.92. The summed E-state index contributed by atoms with van der Waals surface area (Å²) in [6.07, 6.45) is 0.180. The first-order valence-electron chi connectivity index (χ1n) is 15.6. The minimum Gasteiger partial charge on any atom is -0.496 e. The van der Waals surface area contributed by atoms with E-state index in [1.165, 1.54) is 53.4 Å². The normalized spacial score (nSPS) is 11.7. The highest BCUT2D eigenvalue weighted by atomic mass is 32.2. The summed E-state index contributed by atoms with van der Waals surface area (Å²) in [5, 5.41) is 2.94. The van der Waals surface area contributed by atoms with Crippen molar-refractivity contribution in [3.05, 3.63) is 156 Å². The van der Waals surface area contributed by atoms with Gasteiger partial charge in [-0.1, -0.05) is 60.7 Å². The summed E-state index contributed by atoms with van der Waals surface area (Å²) in [7, 11) is -2.45. The molecule has 0 aromatic heterocycles. The molecule has 0 fully saturated rings. The Hall–Kier alpha value is -5.75. The second-order valence-electron chi connectivity index (χ2n) is 11.3. The van der Waals surface area contributed by atoms with Gasteiger partial charge in [0.15, 0.2) is 6.61 Å². The molecule has 50 heavy (non-hydrogen) atoms. The van der Waals surface area contributed by atoms with Gasteiger partial charge in [0.05, 0.1) is 12.0 Å². The highest BCUT2D eigenvalue weighted by Crippen LogP contribution is 2.22. The van der Waals surface area contributed by atoms with Crippen molar-refractivity contribution in [3.8, 4) is 11.5 Å². The van der Waals surface area contributed by atoms with E-state index in [2.05, 4.69) is 10.0 Å². The van der Waals surface area contributed by atoms with Crippen LogP contribution < -0.4 is 19.5 Å². The van der Waals surface area contributed by atoms with Crippen LogP contribution in [-0.4, -0.2) is 44.9 Å². The number of hydrogen-bond acceptors (Lipinski definition) is 6. The zero-order valence-corrected chi connectivity index (χ0v) is 27.9. The number of carbonyl (C=O) groups is 2. The molecule has 5 aromatic rings. The van der Waals surface area contributed by atoms with Crippen molar-refractivity contribution < 1.29 is 36.3 Å². The standard InChI is InChI=1S/C38H35F2N3O6S/c1-48-36-10-6-5-9-29(36)24-41-38(45)35(23-27-7-3-2-4-8-27)43(25-28-11-13-30(39)14-12-28)37(44)26-49-33-19-21-34(22-20-33)50(46,47)42-32-17-15-31(40)16-18-32/h2-22,35,42H,23-26H2,1H3,(H,41,45)/t35-/m1/s1. The third-order valence-corrected chi connectivity index (χ3v) is 9.17. The number of hydrogen-bond donors (Lipinski definition) is 2. The van der Waals surface area contributed by atoms with Gasteiger partial charge in [-0.25, -0.2) is 17.2 Å². The van der Waals surface area contributed by atoms with Gasteiger partial charge < -0.3 is 19.7 Å². The van der Waals surface area contributed by atoms with E-state index in [9.17, 15) is 26.8 Å². The lowest BCUT2D eigenvalue weighted by Gasteiger charge is -2.31. The molecule has 0 heterocycles. The molecule has 0 spiro atoms. The van der Waals surface area contributed by atoms with Crippen molar-refractivity contribution in [2.45, 2.75) is 30.4 Å². The lowest BCUT2D eigenvalue weighted by Crippen LogP contribution is -2.51. The molecule has 258 valence electrons. The lowest BCUT2D eigenvalue weighted by molar-refractivity contribution is -0.142. The smallest absolute Gasteiger partial charge is 0.261 e. The molecule has 2 N–H and O–H groups in total. The molecule has 0 saturated carbocycles. The second kappa shape index (κ2) is 16.6. The van der Waals surface area contributed by atoms with Crippen molar-refractivity contribution >= 4 is 27.5 Å². The number of sulfonamides is 1. The molecular formula is C38H35F2N3O6S. The highest BCUT2D eigenvalue weighted by Gasteiger charge is 2.31. The first-order valence-corrected chi connectivity index (χ1v) is 17.1. The van der Waals surface area contributed by atoms with Gasteiger partial charge in [0, 0.05) is 30.8 Å². The largest absolute Gasteiger partial charge is 0.496 e. The van der Waals surface area contributed by atoms with E-state index in [0.717, 1.165) is 23.3 Å². The molecule has 9 nitrogen and oxygen atoms in total. The Labute approximate surface area is 289 Å². The average molecular weight is 700 g/mol. The third-order valence-electron chi connectivity index (χ3n) is 7.78. The number of anilines is 1. The zero-order valence-electron chi connectivity index (χ0n) is 27.1. The van der Waals surface area contributed by atoms with Gasteiger partial charge >= 0.3 is 0 Å². The topological polar surface area (TPSA) is 114 Å². The SMILES string of the molecule is COc1ccccc1CNC(=O)[C@@H](Cc1ccccc1)N(Cc1ccc(F)cc1)C(=O)COc1ccc(S(=O)(=O)Nc2ccc(F)cc2)cc1. The van der Waals surface area contributed by atoms with Gasteiger partial charge in [-0.15, -0.1) is 0 Å². The predicted molar refractivity (Wildman–Crippen MR) is 185 cm³/mol. The molecule has 0 radical (unpaired) electrons. The van der Waals surface area contributed by atoms with Crippen LogP contribution >= 0.6 is 0 Å². The molecule has 5 aromatic carbocycles. The lowest BCUT2D eigenvalue weighted by atomic mass is 10.0. The van der Waals surface area contributed by atoms with Crippen LogP contribution in [0.2, 0.25) is 0 Å². The molecule has 2 amide bonds. The summed E-state index contributed by atoms with van der Waals surface area (Å²) in [6, 6.07) is 31.5. The summed E-state index contributed by atoms with van der Waals surface area (Å²) in [5.41, 5.74) is 2.35. The van der Waals surface area contributed by atoms with Crippen LogP contribution in [0.4, 0.5) is 14.5 Å². The molecule has 0 aliphatic heterocycles. The Kier molecular flexibility index (Phi) is 11.8. The van der Waals surface area contributed by atoms with Crippen molar-refractivity contribution in [3.63, 3.8) is 0 Å². The van der Waals surface area contributed by atoms with Gasteiger partial charge in [-0.05, 0) is 77.9 Å². The van der Waals surface area contributed by atoms with Crippen LogP contribution in [0, 0.1) is 11.6 Å². The first-order chi connectivity index (χ1) is 24.1.